The number of rotatable bonds is 4. The molecule has 4 saturated heterocycles. The zero-order valence-electron chi connectivity index (χ0n) is 49.5. The highest BCUT2D eigenvalue weighted by atomic mass is 31.1. The van der Waals surface area contributed by atoms with E-state index in [2.05, 4.69) is 211 Å². The quantitative estimate of drug-likeness (QED) is 0.190. The maximum Gasteiger partial charge on any atom is 0.163 e. The van der Waals surface area contributed by atoms with Crippen LogP contribution in [0.5, 0.6) is 0 Å². The van der Waals surface area contributed by atoms with Gasteiger partial charge in [0.05, 0.1) is 12.2 Å². The average molecular weight is 1040 g/mol. The van der Waals surface area contributed by atoms with E-state index in [1.807, 2.05) is 13.8 Å². The van der Waals surface area contributed by atoms with Crippen molar-refractivity contribution >= 4 is 53.2 Å². The molecule has 5 aliphatic heterocycles. The summed E-state index contributed by atoms with van der Waals surface area (Å²) in [6.45, 7) is 52.3. The Bertz CT molecular complexity index is 2220. The molecule has 0 aliphatic carbocycles. The summed E-state index contributed by atoms with van der Waals surface area (Å²) in [4.78, 5) is 0. The van der Waals surface area contributed by atoms with Gasteiger partial charge in [0.2, 0.25) is 0 Å². The summed E-state index contributed by atoms with van der Waals surface area (Å²) in [6, 6.07) is 27.2. The van der Waals surface area contributed by atoms with Crippen LogP contribution in [0, 0.1) is 11.8 Å². The summed E-state index contributed by atoms with van der Waals surface area (Å²) in [5, 5.41) is 7.38. The molecule has 5 heterocycles. The van der Waals surface area contributed by atoms with E-state index in [0.717, 1.165) is 34.5 Å². The fourth-order valence-corrected chi connectivity index (χ4v) is 29.7. The van der Waals surface area contributed by atoms with Gasteiger partial charge in [-0.3, -0.25) is 0 Å². The van der Waals surface area contributed by atoms with Gasteiger partial charge in [-0.1, -0.05) is 243 Å². The van der Waals surface area contributed by atoms with Crippen LogP contribution < -0.4 is 0 Å². The first-order valence-electron chi connectivity index (χ1n) is 28.4. The van der Waals surface area contributed by atoms with E-state index in [-0.39, 0.29) is 37.5 Å². The summed E-state index contributed by atoms with van der Waals surface area (Å²) in [5.74, 6) is 1.40. The molecular weight excluding hydrogens is 937 g/mol. The van der Waals surface area contributed by atoms with Gasteiger partial charge in [-0.25, -0.2) is 0 Å². The molecule has 0 saturated carbocycles. The minimum atomic E-state index is -0.378. The Morgan fingerprint density at radius 1 is 0.493 bits per heavy atom. The van der Waals surface area contributed by atoms with Crippen LogP contribution in [0.1, 0.15) is 202 Å². The Morgan fingerprint density at radius 3 is 1.18 bits per heavy atom. The smallest absolute Gasteiger partial charge is 0.163 e. The molecule has 8 unspecified atom stereocenters. The van der Waals surface area contributed by atoms with E-state index in [1.165, 1.54) is 94.6 Å². The summed E-state index contributed by atoms with van der Waals surface area (Å²) in [7, 11) is 0.338. The highest BCUT2D eigenvalue weighted by molar-refractivity contribution is 7.62. The van der Waals surface area contributed by atoms with Gasteiger partial charge in [-0.2, -0.15) is 0 Å². The van der Waals surface area contributed by atoms with E-state index in [9.17, 15) is 0 Å². The van der Waals surface area contributed by atoms with Crippen LogP contribution >= 0.6 is 31.7 Å². The zero-order valence-corrected chi connectivity index (χ0v) is 53.0. The zero-order chi connectivity index (χ0) is 52.8. The fraction of sp³-hybridized carbons (Fsp3) is 0.692. The Hall–Kier alpha value is -0.960. The third kappa shape index (κ3) is 13.6. The molecule has 8 atom stereocenters. The Labute approximate surface area is 442 Å². The first-order chi connectivity index (χ1) is 32.9. The van der Waals surface area contributed by atoms with Crippen molar-refractivity contribution in [2.45, 2.75) is 276 Å². The van der Waals surface area contributed by atoms with Crippen molar-refractivity contribution in [3.05, 3.63) is 83.9 Å². The maximum atomic E-state index is 6.07. The van der Waals surface area contributed by atoms with Gasteiger partial charge < -0.3 is 9.47 Å². The van der Waals surface area contributed by atoms with Gasteiger partial charge in [0.1, 0.15) is 0 Å². The number of benzene rings is 4. The van der Waals surface area contributed by atoms with Crippen LogP contribution in [-0.2, 0) is 21.8 Å². The third-order valence-corrected chi connectivity index (χ3v) is 33.1. The van der Waals surface area contributed by atoms with Crippen molar-refractivity contribution in [3.63, 3.8) is 0 Å². The molecule has 5 aliphatic rings. The van der Waals surface area contributed by atoms with Crippen molar-refractivity contribution in [2.24, 2.45) is 11.8 Å². The molecule has 0 aromatic heterocycles. The molecule has 396 valence electrons. The second-order valence-corrected chi connectivity index (χ2v) is 41.3. The van der Waals surface area contributed by atoms with Gasteiger partial charge >= 0.3 is 0 Å². The van der Waals surface area contributed by atoms with Crippen LogP contribution in [0.2, 0.25) is 0 Å². The number of hydrogen-bond donors (Lipinski definition) is 0. The lowest BCUT2D eigenvalue weighted by molar-refractivity contribution is -0.147. The molecule has 4 aromatic carbocycles. The molecule has 71 heavy (non-hydrogen) atoms. The molecule has 0 amide bonds. The van der Waals surface area contributed by atoms with Crippen molar-refractivity contribution in [1.82, 2.24) is 0 Å². The summed E-state index contributed by atoms with van der Waals surface area (Å²) in [6.07, 6.45) is 11.9. The van der Waals surface area contributed by atoms with Gasteiger partial charge in [0.25, 0.3) is 0 Å². The molecule has 0 radical (unpaired) electrons. The second kappa shape index (κ2) is 23.3. The minimum Gasteiger partial charge on any atom is -0.344 e. The van der Waals surface area contributed by atoms with E-state index in [1.54, 1.807) is 0 Å². The second-order valence-electron chi connectivity index (χ2n) is 27.4. The monoisotopic (exact) mass is 1040 g/mol. The van der Waals surface area contributed by atoms with E-state index >= 15 is 0 Å². The van der Waals surface area contributed by atoms with E-state index in [4.69, 9.17) is 9.47 Å². The van der Waals surface area contributed by atoms with Crippen molar-refractivity contribution < 1.29 is 9.47 Å². The van der Waals surface area contributed by atoms with Crippen LogP contribution in [0.15, 0.2) is 72.8 Å². The maximum absolute atomic E-state index is 6.07. The molecule has 4 aromatic rings. The van der Waals surface area contributed by atoms with Crippen LogP contribution in [-0.4, -0.2) is 72.6 Å². The predicted molar refractivity (Wildman–Crippen MR) is 328 cm³/mol. The summed E-state index contributed by atoms with van der Waals surface area (Å²) >= 11 is 0. The Balaban J connectivity index is 0.000000163. The number of fused-ring (bicyclic) bond motifs is 8. The number of hydrogen-bond acceptors (Lipinski definition) is 2. The molecule has 6 heteroatoms. The molecule has 0 N–H and O–H groups in total. The minimum absolute atomic E-state index is 0.0333. The topological polar surface area (TPSA) is 18.5 Å². The van der Waals surface area contributed by atoms with Crippen molar-refractivity contribution in [2.75, 3.05) is 0 Å². The van der Waals surface area contributed by atoms with Gasteiger partial charge in [-0.15, -0.1) is 0 Å². The van der Waals surface area contributed by atoms with Gasteiger partial charge in [0.15, 0.2) is 5.79 Å². The molecule has 0 spiro atoms. The third-order valence-electron chi connectivity index (χ3n) is 16.8. The summed E-state index contributed by atoms with van der Waals surface area (Å²) in [5.41, 5.74) is 11.5. The number of ether oxygens (including phenoxy) is 2. The molecular formula is C65H104O2P4. The highest BCUT2D eigenvalue weighted by Gasteiger charge is 2.57. The van der Waals surface area contributed by atoms with Crippen LogP contribution in [0.3, 0.4) is 0 Å². The normalized spacial score (nSPS) is 29.7. The fourth-order valence-electron chi connectivity index (χ4n) is 13.9. The van der Waals surface area contributed by atoms with Crippen molar-refractivity contribution in [1.29, 1.82) is 0 Å². The molecule has 9 rings (SSSR count). The lowest BCUT2D eigenvalue weighted by Crippen LogP contribution is -2.29. The standard InChI is InChI=1S/C26H25P.C14H29P.C13H25O2P.C12H25P/c1-26(2,3)27-16-20-14-12-18-8-4-6-10-22(18)24(20)25-21(17-27)15-13-19-9-5-7-11-23(19)25;1-10(2)12-8-9-13(11(3)4)15(12)14(5,6)7;1-8-10-11(15-13(6,7)14-10)9(2)16(8)12(3,4)5;1-6-10-8-9-11(7-2)13(10)12(3,4)5/h4-15H,16-17H2,1-3H3;10-13H,8-9H2,1-7H3;8-11H,1-7H3;10-11H,6-9H2,1-5H3. The highest BCUT2D eigenvalue weighted by Crippen LogP contribution is 2.69. The lowest BCUT2D eigenvalue weighted by Gasteiger charge is -2.40. The molecule has 0 bridgehead atoms. The first kappa shape index (κ1) is 59.3. The first-order valence-corrected chi connectivity index (χ1v) is 34.5. The largest absolute Gasteiger partial charge is 0.344 e. The Morgan fingerprint density at radius 2 is 0.859 bits per heavy atom. The Kier molecular flexibility index (Phi) is 19.5. The summed E-state index contributed by atoms with van der Waals surface area (Å²) < 4.78 is 12.1. The van der Waals surface area contributed by atoms with Gasteiger partial charge in [-0.05, 0) is 164 Å². The van der Waals surface area contributed by atoms with Crippen LogP contribution in [0.4, 0.5) is 0 Å². The van der Waals surface area contributed by atoms with E-state index in [0.29, 0.717) is 44.2 Å². The van der Waals surface area contributed by atoms with Crippen molar-refractivity contribution in [3.8, 4) is 11.1 Å². The average Bonchev–Trinajstić information content (AvgIpc) is 4.02. The molecule has 4 fully saturated rings. The SMILES string of the molecule is CC(C)(C)P1Cc2ccc3ccccc3c2-c2c(ccc3ccccc23)C1.CC(C)C1CCC(C(C)C)P1C(C)(C)C.CC1C2OC(C)(C)OC2C(C)P1C(C)(C)C.CCC1CCC(CC)P1C(C)(C)C. The molecule has 2 nitrogen and oxygen atoms in total. The lowest BCUT2D eigenvalue weighted by atomic mass is 9.88. The predicted octanol–water partition coefficient (Wildman–Crippen LogP) is 21.3. The van der Waals surface area contributed by atoms with Gasteiger partial charge in [0, 0.05) is 11.3 Å². The van der Waals surface area contributed by atoms with E-state index < -0.39 is 0 Å². The van der Waals surface area contributed by atoms with Crippen LogP contribution in [0.25, 0.3) is 32.7 Å².